The Labute approximate surface area is 202 Å². The molecule has 0 bridgehead atoms. The lowest BCUT2D eigenvalue weighted by Gasteiger charge is -2.27. The van der Waals surface area contributed by atoms with E-state index < -0.39 is 6.09 Å². The minimum atomic E-state index is -0.552. The average Bonchev–Trinajstić information content (AvgIpc) is 3.52. The van der Waals surface area contributed by atoms with Crippen LogP contribution in [0.5, 0.6) is 11.5 Å². The Balaban J connectivity index is 1.30. The van der Waals surface area contributed by atoms with Crippen molar-refractivity contribution in [3.05, 3.63) is 48.0 Å². The van der Waals surface area contributed by atoms with Gasteiger partial charge in [0.25, 0.3) is 0 Å². The highest BCUT2D eigenvalue weighted by Crippen LogP contribution is 2.39. The molecule has 1 N–H and O–H groups in total. The number of rotatable bonds is 7. The highest BCUT2D eigenvalue weighted by molar-refractivity contribution is 5.73. The Morgan fingerprint density at radius 1 is 1.23 bits per heavy atom. The average molecular weight is 485 g/mol. The Bertz CT molecular complexity index is 1180. The third-order valence-corrected chi connectivity index (χ3v) is 6.42. The number of methoxy groups -OCH3 is 1. The highest BCUT2D eigenvalue weighted by atomic mass is 19.1. The van der Waals surface area contributed by atoms with Crippen LogP contribution in [0.2, 0.25) is 0 Å². The molecular formula is C24H29FN6O4. The van der Waals surface area contributed by atoms with E-state index in [2.05, 4.69) is 20.2 Å². The number of hydrogen-bond donors (Lipinski definition) is 1. The first-order valence-electron chi connectivity index (χ1n) is 11.8. The van der Waals surface area contributed by atoms with Crippen LogP contribution in [0.4, 0.5) is 15.0 Å². The van der Waals surface area contributed by atoms with E-state index in [4.69, 9.17) is 19.2 Å². The number of amides is 1. The van der Waals surface area contributed by atoms with E-state index in [1.54, 1.807) is 23.9 Å². The molecule has 1 aromatic carbocycles. The van der Waals surface area contributed by atoms with Gasteiger partial charge in [0, 0.05) is 44.5 Å². The summed E-state index contributed by atoms with van der Waals surface area (Å²) in [4.78, 5) is 21.5. The van der Waals surface area contributed by atoms with E-state index in [1.165, 1.54) is 18.3 Å². The standard InChI is InChI=1S/C24H29FN6O4/c1-33-20-5-4-17(25)15-18(20)19-3-2-8-30(19)22-6-9-31-23(28-22)21(16-27-31)35-24(32)26-7-10-29-11-13-34-14-12-29/h4-6,9,15-16,19H,2-3,7-8,10-14H2,1H3,(H,26,32)/t19-/m1/s1. The van der Waals surface area contributed by atoms with Crippen molar-refractivity contribution in [2.24, 2.45) is 0 Å². The summed E-state index contributed by atoms with van der Waals surface area (Å²) in [5, 5.41) is 7.03. The number of anilines is 1. The number of ether oxygens (including phenoxy) is 3. The van der Waals surface area contributed by atoms with Gasteiger partial charge in [-0.1, -0.05) is 0 Å². The van der Waals surface area contributed by atoms with Crippen molar-refractivity contribution in [2.75, 3.05) is 57.9 Å². The van der Waals surface area contributed by atoms with Gasteiger partial charge in [-0.05, 0) is 37.1 Å². The second-order valence-corrected chi connectivity index (χ2v) is 8.57. The van der Waals surface area contributed by atoms with Gasteiger partial charge in [-0.15, -0.1) is 0 Å². The molecule has 186 valence electrons. The van der Waals surface area contributed by atoms with Crippen LogP contribution >= 0.6 is 0 Å². The molecule has 0 radical (unpaired) electrons. The lowest BCUT2D eigenvalue weighted by molar-refractivity contribution is 0.0385. The number of carbonyl (C=O) groups excluding carboxylic acids is 1. The van der Waals surface area contributed by atoms with Crippen molar-refractivity contribution in [3.8, 4) is 11.5 Å². The van der Waals surface area contributed by atoms with Crippen LogP contribution < -0.4 is 19.7 Å². The third-order valence-electron chi connectivity index (χ3n) is 6.42. The molecule has 0 aliphatic carbocycles. The second kappa shape index (κ2) is 10.4. The molecule has 2 saturated heterocycles. The quantitative estimate of drug-likeness (QED) is 0.547. The first kappa shape index (κ1) is 23.3. The largest absolute Gasteiger partial charge is 0.496 e. The third kappa shape index (κ3) is 5.15. The fourth-order valence-electron chi connectivity index (χ4n) is 4.68. The van der Waals surface area contributed by atoms with Gasteiger partial charge in [-0.2, -0.15) is 5.10 Å². The number of carbonyl (C=O) groups is 1. The van der Waals surface area contributed by atoms with E-state index in [0.29, 0.717) is 37.0 Å². The van der Waals surface area contributed by atoms with Gasteiger partial charge in [0.05, 0.1) is 32.6 Å². The molecule has 0 saturated carbocycles. The summed E-state index contributed by atoms with van der Waals surface area (Å²) >= 11 is 0. The molecule has 2 fully saturated rings. The molecule has 4 heterocycles. The lowest BCUT2D eigenvalue weighted by Crippen LogP contribution is -2.41. The van der Waals surface area contributed by atoms with Crippen molar-refractivity contribution in [1.82, 2.24) is 24.8 Å². The molecule has 35 heavy (non-hydrogen) atoms. The number of benzene rings is 1. The van der Waals surface area contributed by atoms with E-state index in [0.717, 1.165) is 44.6 Å². The van der Waals surface area contributed by atoms with Crippen LogP contribution in [0.25, 0.3) is 5.65 Å². The minimum Gasteiger partial charge on any atom is -0.496 e. The van der Waals surface area contributed by atoms with Crippen molar-refractivity contribution in [1.29, 1.82) is 0 Å². The minimum absolute atomic E-state index is 0.0774. The van der Waals surface area contributed by atoms with Gasteiger partial charge in [0.2, 0.25) is 5.65 Å². The summed E-state index contributed by atoms with van der Waals surface area (Å²) < 4.78 is 31.9. The number of nitrogens with one attached hydrogen (secondary N) is 1. The normalized spacial score (nSPS) is 18.7. The topological polar surface area (TPSA) is 93.5 Å². The first-order valence-corrected chi connectivity index (χ1v) is 11.8. The number of nitrogens with zero attached hydrogens (tertiary/aromatic N) is 5. The maximum atomic E-state index is 14.0. The predicted octanol–water partition coefficient (Wildman–Crippen LogP) is 2.64. The van der Waals surface area contributed by atoms with Crippen LogP contribution in [0.1, 0.15) is 24.4 Å². The van der Waals surface area contributed by atoms with Crippen LogP contribution in [-0.4, -0.2) is 78.6 Å². The highest BCUT2D eigenvalue weighted by Gasteiger charge is 2.30. The zero-order valence-electron chi connectivity index (χ0n) is 19.7. The van der Waals surface area contributed by atoms with Crippen LogP contribution in [0, 0.1) is 5.82 Å². The van der Waals surface area contributed by atoms with Crippen molar-refractivity contribution in [3.63, 3.8) is 0 Å². The van der Waals surface area contributed by atoms with Gasteiger partial charge in [0.15, 0.2) is 5.75 Å². The molecule has 2 aliphatic heterocycles. The summed E-state index contributed by atoms with van der Waals surface area (Å²) in [6.07, 6.45) is 4.49. The second-order valence-electron chi connectivity index (χ2n) is 8.57. The molecule has 0 unspecified atom stereocenters. The van der Waals surface area contributed by atoms with E-state index in [9.17, 15) is 9.18 Å². The first-order chi connectivity index (χ1) is 17.1. The van der Waals surface area contributed by atoms with E-state index in [-0.39, 0.29) is 17.6 Å². The summed E-state index contributed by atoms with van der Waals surface area (Å²) in [5.74, 6) is 1.31. The van der Waals surface area contributed by atoms with Crippen LogP contribution in [0.15, 0.2) is 36.7 Å². The zero-order chi connectivity index (χ0) is 24.2. The van der Waals surface area contributed by atoms with Crippen LogP contribution in [-0.2, 0) is 4.74 Å². The van der Waals surface area contributed by atoms with Gasteiger partial charge in [-0.25, -0.2) is 18.7 Å². The van der Waals surface area contributed by atoms with Crippen LogP contribution in [0.3, 0.4) is 0 Å². The molecule has 2 aromatic heterocycles. The molecule has 0 spiro atoms. The predicted molar refractivity (Wildman–Crippen MR) is 127 cm³/mol. The van der Waals surface area contributed by atoms with Gasteiger partial charge in [-0.3, -0.25) is 4.90 Å². The number of halogens is 1. The molecular weight excluding hydrogens is 455 g/mol. The molecule has 11 heteroatoms. The van der Waals surface area contributed by atoms with Gasteiger partial charge >= 0.3 is 6.09 Å². The fourth-order valence-corrected chi connectivity index (χ4v) is 4.68. The maximum absolute atomic E-state index is 14.0. The molecule has 5 rings (SSSR count). The summed E-state index contributed by atoms with van der Waals surface area (Å²) in [6.45, 7) is 5.11. The number of morpholine rings is 1. The lowest BCUT2D eigenvalue weighted by atomic mass is 10.0. The zero-order valence-corrected chi connectivity index (χ0v) is 19.7. The number of aromatic nitrogens is 3. The van der Waals surface area contributed by atoms with E-state index >= 15 is 0 Å². The monoisotopic (exact) mass is 484 g/mol. The maximum Gasteiger partial charge on any atom is 0.412 e. The van der Waals surface area contributed by atoms with Gasteiger partial charge in [0.1, 0.15) is 17.4 Å². The van der Waals surface area contributed by atoms with Gasteiger partial charge < -0.3 is 24.4 Å². The Morgan fingerprint density at radius 2 is 2.09 bits per heavy atom. The summed E-state index contributed by atoms with van der Waals surface area (Å²) in [5.41, 5.74) is 1.22. The number of hydrogen-bond acceptors (Lipinski definition) is 8. The van der Waals surface area contributed by atoms with E-state index in [1.807, 2.05) is 6.07 Å². The smallest absolute Gasteiger partial charge is 0.412 e. The molecule has 2 aliphatic rings. The van der Waals surface area contributed by atoms with Crippen molar-refractivity contribution < 1.29 is 23.4 Å². The SMILES string of the molecule is COc1ccc(F)cc1[C@H]1CCCN1c1ccn2ncc(OC(=O)NCCN3CCOCC3)c2n1. The number of fused-ring (bicyclic) bond motifs is 1. The summed E-state index contributed by atoms with van der Waals surface area (Å²) in [7, 11) is 1.59. The molecule has 10 nitrogen and oxygen atoms in total. The Morgan fingerprint density at radius 3 is 2.91 bits per heavy atom. The molecule has 1 atom stereocenters. The fraction of sp³-hybridized carbons (Fsp3) is 0.458. The van der Waals surface area contributed by atoms with Crippen molar-refractivity contribution in [2.45, 2.75) is 18.9 Å². The summed E-state index contributed by atoms with van der Waals surface area (Å²) in [6, 6.07) is 6.35. The molecule has 1 amide bonds. The Hall–Kier alpha value is -3.44. The van der Waals surface area contributed by atoms with Crippen molar-refractivity contribution >= 4 is 17.6 Å². The Kier molecular flexibility index (Phi) is 6.96. The molecule has 3 aromatic rings.